The summed E-state index contributed by atoms with van der Waals surface area (Å²) in [6, 6.07) is 10.3. The zero-order chi connectivity index (χ0) is 31.4. The van der Waals surface area contributed by atoms with E-state index in [1.807, 2.05) is 35.9 Å². The number of hydrogen-bond acceptors (Lipinski definition) is 5. The van der Waals surface area contributed by atoms with Crippen molar-refractivity contribution < 1.29 is 33.4 Å². The first-order valence-corrected chi connectivity index (χ1v) is 16.6. The minimum Gasteiger partial charge on any atom is -0.481 e. The van der Waals surface area contributed by atoms with E-state index in [1.165, 1.54) is 6.07 Å². The van der Waals surface area contributed by atoms with Crippen molar-refractivity contribution in [1.82, 2.24) is 9.47 Å². The third kappa shape index (κ3) is 7.10. The topological polar surface area (TPSA) is 110 Å². The zero-order valence-corrected chi connectivity index (χ0v) is 27.2. The number of methoxy groups -OCH3 is 1. The molecule has 2 aliphatic rings. The largest absolute Gasteiger partial charge is 0.481 e. The zero-order valence-electron chi connectivity index (χ0n) is 25.1. The number of ether oxygens (including phenoxy) is 2. The SMILES string of the molecule is COC[C@@H]1CC[C@@H](COC2CCC(C(=O)O)CC2)N1C(=O)Cc1cc(CI)c(NC(=O)c2cn(C)c3ccccc23)cc1F. The van der Waals surface area contributed by atoms with Crippen molar-refractivity contribution in [3.63, 3.8) is 0 Å². The van der Waals surface area contributed by atoms with Crippen LogP contribution >= 0.6 is 22.6 Å². The number of fused-ring (bicyclic) bond motifs is 1. The number of carbonyl (C=O) groups is 3. The first-order chi connectivity index (χ1) is 21.2. The highest BCUT2D eigenvalue weighted by molar-refractivity contribution is 14.1. The first kappa shape index (κ1) is 32.4. The molecule has 2 atom stereocenters. The number of carbonyl (C=O) groups excluding carboxylic acids is 2. The number of alkyl halides is 1. The van der Waals surface area contributed by atoms with Crippen LogP contribution in [0.5, 0.6) is 0 Å². The number of rotatable bonds is 11. The summed E-state index contributed by atoms with van der Waals surface area (Å²) < 4.78 is 29.5. The maximum atomic E-state index is 15.5. The lowest BCUT2D eigenvalue weighted by molar-refractivity contribution is -0.144. The highest BCUT2D eigenvalue weighted by Gasteiger charge is 2.38. The molecular formula is C33H39FIN3O6. The van der Waals surface area contributed by atoms with E-state index in [0.717, 1.165) is 29.3 Å². The second-order valence-electron chi connectivity index (χ2n) is 11.8. The molecule has 2 fully saturated rings. The van der Waals surface area contributed by atoms with Gasteiger partial charge in [0.05, 0.1) is 49.3 Å². The molecule has 1 saturated carbocycles. The number of likely N-dealkylation sites (tertiary alicyclic amines) is 1. The van der Waals surface area contributed by atoms with Crippen LogP contribution in [0.3, 0.4) is 0 Å². The second-order valence-corrected chi connectivity index (χ2v) is 12.6. The molecule has 0 bridgehead atoms. The number of benzene rings is 2. The van der Waals surface area contributed by atoms with E-state index < -0.39 is 11.8 Å². The predicted molar refractivity (Wildman–Crippen MR) is 174 cm³/mol. The van der Waals surface area contributed by atoms with E-state index in [4.69, 9.17) is 9.47 Å². The Morgan fingerprint density at radius 1 is 1.02 bits per heavy atom. The van der Waals surface area contributed by atoms with Gasteiger partial charge in [0.15, 0.2) is 0 Å². The lowest BCUT2D eigenvalue weighted by Crippen LogP contribution is -2.46. The highest BCUT2D eigenvalue weighted by atomic mass is 127. The number of aryl methyl sites for hydroxylation is 1. The van der Waals surface area contributed by atoms with Gasteiger partial charge in [-0.15, -0.1) is 0 Å². The van der Waals surface area contributed by atoms with Crippen LogP contribution in [0.15, 0.2) is 42.6 Å². The van der Waals surface area contributed by atoms with E-state index >= 15 is 4.39 Å². The van der Waals surface area contributed by atoms with Crippen LogP contribution in [0.25, 0.3) is 10.9 Å². The van der Waals surface area contributed by atoms with Gasteiger partial charge in [-0.3, -0.25) is 14.4 Å². The Bertz CT molecular complexity index is 1520. The van der Waals surface area contributed by atoms with Gasteiger partial charge < -0.3 is 29.4 Å². The van der Waals surface area contributed by atoms with Crippen molar-refractivity contribution in [2.24, 2.45) is 13.0 Å². The summed E-state index contributed by atoms with van der Waals surface area (Å²) in [6.07, 6.45) is 5.70. The van der Waals surface area contributed by atoms with Crippen molar-refractivity contribution in [2.75, 3.05) is 25.6 Å². The van der Waals surface area contributed by atoms with E-state index in [9.17, 15) is 19.5 Å². The van der Waals surface area contributed by atoms with Gasteiger partial charge in [-0.25, -0.2) is 4.39 Å². The molecule has 2 aromatic carbocycles. The summed E-state index contributed by atoms with van der Waals surface area (Å²) in [5.41, 5.74) is 2.82. The maximum absolute atomic E-state index is 15.5. The average molecular weight is 720 g/mol. The van der Waals surface area contributed by atoms with Crippen LogP contribution in [-0.4, -0.2) is 70.9 Å². The van der Waals surface area contributed by atoms with Crippen LogP contribution in [0.1, 0.15) is 60.0 Å². The molecule has 9 nitrogen and oxygen atoms in total. The molecule has 2 amide bonds. The number of carboxylic acid groups (broad SMARTS) is 1. The number of aromatic nitrogens is 1. The number of anilines is 1. The molecule has 0 spiro atoms. The quantitative estimate of drug-likeness (QED) is 0.194. The molecule has 5 rings (SSSR count). The smallest absolute Gasteiger partial charge is 0.306 e. The summed E-state index contributed by atoms with van der Waals surface area (Å²) in [6.45, 7) is 0.738. The van der Waals surface area contributed by atoms with Crippen molar-refractivity contribution in [2.45, 2.75) is 67.6 Å². The Labute approximate surface area is 270 Å². The average Bonchev–Trinajstić information content (AvgIpc) is 3.58. The Morgan fingerprint density at radius 3 is 2.41 bits per heavy atom. The van der Waals surface area contributed by atoms with Crippen molar-refractivity contribution in [3.8, 4) is 0 Å². The van der Waals surface area contributed by atoms with Gasteiger partial charge in [0, 0.05) is 41.4 Å². The molecule has 0 radical (unpaired) electrons. The van der Waals surface area contributed by atoms with Crippen LogP contribution in [-0.2, 0) is 37.0 Å². The van der Waals surface area contributed by atoms with Gasteiger partial charge in [0.1, 0.15) is 5.82 Å². The number of carboxylic acids is 1. The fourth-order valence-corrected chi connectivity index (χ4v) is 7.24. The number of hydrogen-bond donors (Lipinski definition) is 2. The van der Waals surface area contributed by atoms with Gasteiger partial charge in [-0.2, -0.15) is 0 Å². The first-order valence-electron chi connectivity index (χ1n) is 15.1. The Morgan fingerprint density at radius 2 is 1.73 bits per heavy atom. The highest BCUT2D eigenvalue weighted by Crippen LogP contribution is 2.31. The Kier molecular flexibility index (Phi) is 10.6. The predicted octanol–water partition coefficient (Wildman–Crippen LogP) is 5.71. The number of nitrogens with one attached hydrogen (secondary N) is 1. The number of halogens is 2. The number of para-hydroxylation sites is 1. The molecule has 44 heavy (non-hydrogen) atoms. The van der Waals surface area contributed by atoms with Crippen LogP contribution in [0, 0.1) is 11.7 Å². The number of nitrogens with zero attached hydrogens (tertiary/aromatic N) is 2. The Balaban J connectivity index is 1.27. The maximum Gasteiger partial charge on any atom is 0.306 e. The monoisotopic (exact) mass is 719 g/mol. The summed E-state index contributed by atoms with van der Waals surface area (Å²) >= 11 is 2.17. The lowest BCUT2D eigenvalue weighted by atomic mass is 9.87. The third-order valence-corrected chi connectivity index (χ3v) is 9.78. The van der Waals surface area contributed by atoms with Gasteiger partial charge in [-0.1, -0.05) is 40.8 Å². The number of amides is 2. The third-order valence-electron chi connectivity index (χ3n) is 8.96. The second kappa shape index (κ2) is 14.4. The molecule has 2 heterocycles. The van der Waals surface area contributed by atoms with Gasteiger partial charge in [0.25, 0.3) is 5.91 Å². The molecule has 2 N–H and O–H groups in total. The molecule has 3 aromatic rings. The van der Waals surface area contributed by atoms with Crippen molar-refractivity contribution in [1.29, 1.82) is 0 Å². The molecule has 11 heteroatoms. The molecule has 1 aliphatic carbocycles. The van der Waals surface area contributed by atoms with Crippen molar-refractivity contribution >= 4 is 57.0 Å². The molecule has 1 aliphatic heterocycles. The standard InChI is InChI=1S/C33H39FIN3O6/c1-37-17-27(26-5-3-4-6-30(26)37)32(40)36-29-15-28(34)21(13-22(29)16-35)14-31(39)38-23(18-43-2)9-10-24(38)19-44-25-11-7-20(8-12-25)33(41)42/h3-6,13,15,17,20,23-25H,7-12,14,16,18-19H2,1-2H3,(H,36,40)(H,41,42)/t20?,23-,24-,25?/m0/s1. The molecule has 1 saturated heterocycles. The van der Waals surface area contributed by atoms with Crippen LogP contribution in [0.2, 0.25) is 0 Å². The lowest BCUT2D eigenvalue weighted by Gasteiger charge is -2.32. The van der Waals surface area contributed by atoms with E-state index in [1.54, 1.807) is 24.3 Å². The molecular weight excluding hydrogens is 680 g/mol. The molecule has 236 valence electrons. The fraction of sp³-hybridized carbons (Fsp3) is 0.485. The van der Waals surface area contributed by atoms with Gasteiger partial charge in [-0.05, 0) is 67.9 Å². The Hall–Kier alpha value is -3.03. The summed E-state index contributed by atoms with van der Waals surface area (Å²) in [5, 5.41) is 13.0. The van der Waals surface area contributed by atoms with Crippen LogP contribution < -0.4 is 5.32 Å². The molecule has 0 unspecified atom stereocenters. The van der Waals surface area contributed by atoms with Gasteiger partial charge >= 0.3 is 5.97 Å². The van der Waals surface area contributed by atoms with Crippen LogP contribution in [0.4, 0.5) is 10.1 Å². The van der Waals surface area contributed by atoms with E-state index in [2.05, 4.69) is 27.9 Å². The minimum atomic E-state index is -0.753. The fourth-order valence-electron chi connectivity index (χ4n) is 6.61. The van der Waals surface area contributed by atoms with Gasteiger partial charge in [0.2, 0.25) is 5.91 Å². The summed E-state index contributed by atoms with van der Waals surface area (Å²) in [7, 11) is 3.48. The number of aliphatic carboxylic acids is 1. The summed E-state index contributed by atoms with van der Waals surface area (Å²) in [5.74, 6) is -2.14. The minimum absolute atomic E-state index is 0.0238. The van der Waals surface area contributed by atoms with Crippen molar-refractivity contribution in [3.05, 3.63) is 65.1 Å². The van der Waals surface area contributed by atoms with E-state index in [-0.39, 0.29) is 47.9 Å². The molecule has 1 aromatic heterocycles. The van der Waals surface area contributed by atoms with E-state index in [0.29, 0.717) is 54.6 Å². The normalized spacial score (nSPS) is 22.0. The summed E-state index contributed by atoms with van der Waals surface area (Å²) in [4.78, 5) is 40.0.